The topological polar surface area (TPSA) is 35.2 Å². The quantitative estimate of drug-likeness (QED) is 0.517. The third-order valence-electron chi connectivity index (χ3n) is 5.28. The van der Waals surface area contributed by atoms with Crippen molar-refractivity contribution in [3.05, 3.63) is 90.5 Å². The van der Waals surface area contributed by atoms with E-state index in [0.29, 0.717) is 13.2 Å². The van der Waals surface area contributed by atoms with Gasteiger partial charge < -0.3 is 10.5 Å². The third kappa shape index (κ3) is 4.62. The second-order valence-electron chi connectivity index (χ2n) is 8.17. The van der Waals surface area contributed by atoms with Crippen molar-refractivity contribution in [1.82, 2.24) is 0 Å². The van der Waals surface area contributed by atoms with Crippen LogP contribution in [-0.4, -0.2) is 14.7 Å². The summed E-state index contributed by atoms with van der Waals surface area (Å²) in [5, 5.41) is 2.68. The van der Waals surface area contributed by atoms with E-state index in [1.807, 2.05) is 24.3 Å². The van der Waals surface area contributed by atoms with Crippen LogP contribution in [0.4, 0.5) is 0 Å². The van der Waals surface area contributed by atoms with E-state index in [4.69, 9.17) is 10.5 Å². The average molecular weight is 400 g/mol. The molecule has 0 amide bonds. The summed E-state index contributed by atoms with van der Waals surface area (Å²) in [6.07, 6.45) is 0. The van der Waals surface area contributed by atoms with Crippen molar-refractivity contribution in [2.45, 2.75) is 32.4 Å². The molecular formula is C26H29NOSi. The number of nitrogens with two attached hydrogens (primary N) is 1. The van der Waals surface area contributed by atoms with Crippen molar-refractivity contribution >= 4 is 18.4 Å². The Bertz CT molecular complexity index is 925. The average Bonchev–Trinajstić information content (AvgIpc) is 2.74. The molecule has 3 rings (SSSR count). The molecule has 2 N–H and O–H groups in total. The van der Waals surface area contributed by atoms with E-state index in [-0.39, 0.29) is 5.04 Å². The number of rotatable bonds is 5. The first kappa shape index (κ1) is 20.9. The molecule has 0 spiro atoms. The molecule has 0 fully saturated rings. The van der Waals surface area contributed by atoms with Crippen LogP contribution in [0.1, 0.15) is 26.3 Å². The highest BCUT2D eigenvalue weighted by molar-refractivity contribution is 7.10. The van der Waals surface area contributed by atoms with Crippen molar-refractivity contribution in [3.63, 3.8) is 0 Å². The van der Waals surface area contributed by atoms with Gasteiger partial charge in [0.25, 0.3) is 0 Å². The largest absolute Gasteiger partial charge is 0.481 e. The fraction of sp³-hybridized carbons (Fsp3) is 0.231. The minimum absolute atomic E-state index is 0.0193. The maximum atomic E-state index is 5.89. The molecule has 0 saturated heterocycles. The van der Waals surface area contributed by atoms with Crippen LogP contribution < -0.4 is 20.8 Å². The summed E-state index contributed by atoms with van der Waals surface area (Å²) >= 11 is 0. The van der Waals surface area contributed by atoms with Crippen molar-refractivity contribution in [2.24, 2.45) is 5.73 Å². The van der Waals surface area contributed by atoms with Gasteiger partial charge in [0.15, 0.2) is 0 Å². The lowest BCUT2D eigenvalue weighted by atomic mass is 10.2. The minimum Gasteiger partial charge on any atom is -0.481 e. The van der Waals surface area contributed by atoms with Crippen molar-refractivity contribution < 1.29 is 4.74 Å². The van der Waals surface area contributed by atoms with Gasteiger partial charge in [-0.05, 0) is 33.1 Å². The number of hydrogen-bond acceptors (Lipinski definition) is 2. The predicted molar refractivity (Wildman–Crippen MR) is 125 cm³/mol. The summed E-state index contributed by atoms with van der Waals surface area (Å²) in [6.45, 7) is 7.82. The lowest BCUT2D eigenvalue weighted by molar-refractivity contribution is 0.370. The Kier molecular flexibility index (Phi) is 6.59. The maximum absolute atomic E-state index is 5.89. The first-order valence-electron chi connectivity index (χ1n) is 10.0. The summed E-state index contributed by atoms with van der Waals surface area (Å²) in [4.78, 5) is 0. The van der Waals surface area contributed by atoms with Gasteiger partial charge in [0.2, 0.25) is 8.07 Å². The molecule has 3 aromatic rings. The highest BCUT2D eigenvalue weighted by Crippen LogP contribution is 2.35. The van der Waals surface area contributed by atoms with Crippen LogP contribution in [0.3, 0.4) is 0 Å². The van der Waals surface area contributed by atoms with E-state index in [9.17, 15) is 0 Å². The fourth-order valence-corrected chi connectivity index (χ4v) is 8.20. The molecule has 29 heavy (non-hydrogen) atoms. The van der Waals surface area contributed by atoms with Crippen LogP contribution in [0.15, 0.2) is 84.9 Å². The Hall–Kier alpha value is -2.80. The second kappa shape index (κ2) is 9.13. The highest BCUT2D eigenvalue weighted by atomic mass is 28.3. The Labute approximate surface area is 175 Å². The Balaban J connectivity index is 1.97. The Morgan fingerprint density at radius 1 is 0.793 bits per heavy atom. The molecule has 3 aromatic carbocycles. The van der Waals surface area contributed by atoms with E-state index in [1.165, 1.54) is 10.4 Å². The molecule has 3 heteroatoms. The molecule has 2 nitrogen and oxygen atoms in total. The first-order chi connectivity index (χ1) is 14.0. The van der Waals surface area contributed by atoms with Crippen molar-refractivity contribution in [2.75, 3.05) is 6.61 Å². The molecule has 0 aliphatic heterocycles. The molecule has 0 saturated carbocycles. The number of hydrogen-bond donors (Lipinski definition) is 1. The van der Waals surface area contributed by atoms with Gasteiger partial charge in [-0.15, -0.1) is 5.54 Å². The van der Waals surface area contributed by atoms with Crippen LogP contribution >= 0.6 is 0 Å². The van der Waals surface area contributed by atoms with Gasteiger partial charge in [0.1, 0.15) is 12.4 Å². The lowest BCUT2D eigenvalue weighted by Gasteiger charge is -2.39. The van der Waals surface area contributed by atoms with Crippen molar-refractivity contribution in [3.8, 4) is 17.2 Å². The van der Waals surface area contributed by atoms with Crippen LogP contribution in [-0.2, 0) is 6.54 Å². The fourth-order valence-electron chi connectivity index (χ4n) is 3.75. The summed E-state index contributed by atoms with van der Waals surface area (Å²) in [7, 11) is -2.36. The normalized spacial score (nSPS) is 11.4. The van der Waals surface area contributed by atoms with Gasteiger partial charge in [0, 0.05) is 6.54 Å². The standard InChI is InChI=1S/C26H29NOSi/c1-26(2,3)29(24-11-6-4-7-12-24,25-13-8-5-9-14-25)20-10-19-28-23-17-15-22(21-27)16-18-23/h4-9,11-18H,19,21,27H2,1-3H3. The zero-order chi connectivity index (χ0) is 20.7. The second-order valence-corrected chi connectivity index (χ2v) is 12.6. The number of benzene rings is 3. The highest BCUT2D eigenvalue weighted by Gasteiger charge is 2.46. The van der Waals surface area contributed by atoms with E-state index >= 15 is 0 Å². The minimum atomic E-state index is -2.36. The summed E-state index contributed by atoms with van der Waals surface area (Å²) in [5.41, 5.74) is 10.5. The molecule has 0 aliphatic rings. The van der Waals surface area contributed by atoms with Crippen LogP contribution in [0.25, 0.3) is 0 Å². The number of ether oxygens (including phenoxy) is 1. The van der Waals surface area contributed by atoms with Gasteiger partial charge in [-0.2, -0.15) is 0 Å². The van der Waals surface area contributed by atoms with Gasteiger partial charge in [0.05, 0.1) is 0 Å². The lowest BCUT2D eigenvalue weighted by Crippen LogP contribution is -2.63. The summed E-state index contributed by atoms with van der Waals surface area (Å²) < 4.78 is 5.89. The zero-order valence-electron chi connectivity index (χ0n) is 17.5. The molecule has 0 atom stereocenters. The van der Waals surface area contributed by atoms with Crippen molar-refractivity contribution in [1.29, 1.82) is 0 Å². The van der Waals surface area contributed by atoms with E-state index in [1.54, 1.807) is 0 Å². The van der Waals surface area contributed by atoms with E-state index in [2.05, 4.69) is 92.9 Å². The molecule has 0 radical (unpaired) electrons. The van der Waals surface area contributed by atoms with Gasteiger partial charge in [-0.25, -0.2) is 0 Å². The molecule has 0 aliphatic carbocycles. The summed E-state index contributed by atoms with van der Waals surface area (Å²) in [5.74, 6) is 4.19. The zero-order valence-corrected chi connectivity index (χ0v) is 18.5. The molecule has 0 aromatic heterocycles. The maximum Gasteiger partial charge on any atom is 0.204 e. The van der Waals surface area contributed by atoms with Crippen LogP contribution in [0.2, 0.25) is 5.04 Å². The third-order valence-corrected chi connectivity index (χ3v) is 10.5. The molecule has 0 unspecified atom stereocenters. The van der Waals surface area contributed by atoms with Crippen LogP contribution in [0.5, 0.6) is 5.75 Å². The summed E-state index contributed by atoms with van der Waals surface area (Å²) in [6, 6.07) is 29.4. The molecule has 0 bridgehead atoms. The van der Waals surface area contributed by atoms with Gasteiger partial charge in [-0.3, -0.25) is 0 Å². The van der Waals surface area contributed by atoms with Crippen LogP contribution in [0, 0.1) is 11.5 Å². The SMILES string of the molecule is CC(C)(C)[Si](C#CCOc1ccc(CN)cc1)(c1ccccc1)c1ccccc1. The Morgan fingerprint density at radius 2 is 1.31 bits per heavy atom. The monoisotopic (exact) mass is 399 g/mol. The molecule has 0 heterocycles. The smallest absolute Gasteiger partial charge is 0.204 e. The first-order valence-corrected chi connectivity index (χ1v) is 12.0. The van der Waals surface area contributed by atoms with Gasteiger partial charge in [-0.1, -0.05) is 99.5 Å². The Morgan fingerprint density at radius 3 is 1.76 bits per heavy atom. The predicted octanol–water partition coefficient (Wildman–Crippen LogP) is 4.13. The van der Waals surface area contributed by atoms with E-state index < -0.39 is 8.07 Å². The van der Waals surface area contributed by atoms with Gasteiger partial charge >= 0.3 is 0 Å². The molecule has 148 valence electrons. The molecular weight excluding hydrogens is 370 g/mol. The van der Waals surface area contributed by atoms with E-state index in [0.717, 1.165) is 11.3 Å².